The normalized spacial score (nSPS) is 13.2. The zero-order chi connectivity index (χ0) is 14.7. The molecule has 0 spiro atoms. The van der Waals surface area contributed by atoms with Gasteiger partial charge in [-0.05, 0) is 55.1 Å². The van der Waals surface area contributed by atoms with E-state index >= 15 is 0 Å². The first kappa shape index (κ1) is 14.3. The molecule has 110 valence electrons. The molecule has 1 aromatic heterocycles. The molecule has 0 atom stereocenters. The highest BCUT2D eigenvalue weighted by Gasteiger charge is 2.18. The van der Waals surface area contributed by atoms with Crippen LogP contribution in [0.3, 0.4) is 0 Å². The van der Waals surface area contributed by atoms with Gasteiger partial charge in [0.1, 0.15) is 0 Å². The predicted molar refractivity (Wildman–Crippen MR) is 88.1 cm³/mol. The summed E-state index contributed by atoms with van der Waals surface area (Å²) in [7, 11) is 0. The molecule has 21 heavy (non-hydrogen) atoms. The average molecular weight is 300 g/mol. The van der Waals surface area contributed by atoms with Crippen LogP contribution in [0.1, 0.15) is 39.0 Å². The van der Waals surface area contributed by atoms with Crippen LogP contribution in [0.25, 0.3) is 0 Å². The molecule has 0 bridgehead atoms. The van der Waals surface area contributed by atoms with Crippen molar-refractivity contribution in [3.63, 3.8) is 0 Å². The minimum absolute atomic E-state index is 0.00926. The summed E-state index contributed by atoms with van der Waals surface area (Å²) in [5, 5.41) is 6.30. The van der Waals surface area contributed by atoms with Crippen LogP contribution in [0.2, 0.25) is 0 Å². The van der Waals surface area contributed by atoms with Crippen LogP contribution in [-0.4, -0.2) is 12.5 Å². The van der Waals surface area contributed by atoms with Crippen LogP contribution in [0, 0.1) is 0 Å². The maximum absolute atomic E-state index is 12.3. The molecule has 0 saturated carbocycles. The van der Waals surface area contributed by atoms with Gasteiger partial charge in [0, 0.05) is 17.1 Å². The maximum Gasteiger partial charge on any atom is 0.265 e. The molecule has 0 fully saturated rings. The fraction of sp³-hybridized carbons (Fsp3) is 0.353. The number of carbonyl (C=O) groups excluding carboxylic acids is 1. The Balaban J connectivity index is 1.69. The molecule has 1 aliphatic carbocycles. The van der Waals surface area contributed by atoms with Gasteiger partial charge in [-0.2, -0.15) is 0 Å². The summed E-state index contributed by atoms with van der Waals surface area (Å²) < 4.78 is 0. The molecule has 0 saturated heterocycles. The van der Waals surface area contributed by atoms with Crippen molar-refractivity contribution in [2.75, 3.05) is 11.9 Å². The van der Waals surface area contributed by atoms with Crippen molar-refractivity contribution in [1.29, 1.82) is 0 Å². The van der Waals surface area contributed by atoms with Gasteiger partial charge in [-0.1, -0.05) is 19.1 Å². The molecule has 0 unspecified atom stereocenters. The lowest BCUT2D eigenvalue weighted by Gasteiger charge is -2.07. The van der Waals surface area contributed by atoms with Crippen LogP contribution >= 0.6 is 11.3 Å². The SMILES string of the molecule is CCNCc1cccc(NC(=O)c2cc3c(s2)CCC3)c1. The summed E-state index contributed by atoms with van der Waals surface area (Å²) in [5.41, 5.74) is 3.42. The monoisotopic (exact) mass is 300 g/mol. The number of aryl methyl sites for hydroxylation is 2. The van der Waals surface area contributed by atoms with Crippen molar-refractivity contribution in [1.82, 2.24) is 5.32 Å². The van der Waals surface area contributed by atoms with E-state index in [1.807, 2.05) is 18.2 Å². The van der Waals surface area contributed by atoms with E-state index in [0.29, 0.717) is 0 Å². The summed E-state index contributed by atoms with van der Waals surface area (Å²) in [4.78, 5) is 14.5. The number of hydrogen-bond donors (Lipinski definition) is 2. The van der Waals surface area contributed by atoms with Gasteiger partial charge >= 0.3 is 0 Å². The second kappa shape index (κ2) is 6.41. The molecular weight excluding hydrogens is 280 g/mol. The predicted octanol–water partition coefficient (Wildman–Crippen LogP) is 3.60. The third-order valence-electron chi connectivity index (χ3n) is 3.73. The highest BCUT2D eigenvalue weighted by molar-refractivity contribution is 7.14. The van der Waals surface area contributed by atoms with Crippen molar-refractivity contribution < 1.29 is 4.79 Å². The minimum atomic E-state index is 0.00926. The Kier molecular flexibility index (Phi) is 4.36. The van der Waals surface area contributed by atoms with Gasteiger partial charge in [0.25, 0.3) is 5.91 Å². The molecular formula is C17H20N2OS. The number of carbonyl (C=O) groups is 1. The van der Waals surface area contributed by atoms with Crippen molar-refractivity contribution in [3.05, 3.63) is 51.2 Å². The van der Waals surface area contributed by atoms with Crippen molar-refractivity contribution in [3.8, 4) is 0 Å². The molecule has 1 amide bonds. The zero-order valence-corrected chi connectivity index (χ0v) is 13.1. The van der Waals surface area contributed by atoms with E-state index in [-0.39, 0.29) is 5.91 Å². The Morgan fingerprint density at radius 1 is 1.29 bits per heavy atom. The van der Waals surface area contributed by atoms with Gasteiger partial charge < -0.3 is 10.6 Å². The number of amides is 1. The van der Waals surface area contributed by atoms with E-state index in [2.05, 4.69) is 29.7 Å². The number of hydrogen-bond acceptors (Lipinski definition) is 3. The lowest BCUT2D eigenvalue weighted by molar-refractivity contribution is 0.103. The minimum Gasteiger partial charge on any atom is -0.321 e. The van der Waals surface area contributed by atoms with E-state index in [1.54, 1.807) is 11.3 Å². The molecule has 1 aromatic carbocycles. The molecule has 2 N–H and O–H groups in total. The number of thiophene rings is 1. The highest BCUT2D eigenvalue weighted by atomic mass is 32.1. The Morgan fingerprint density at radius 2 is 2.19 bits per heavy atom. The molecule has 1 heterocycles. The Labute approximate surface area is 129 Å². The number of anilines is 1. The lowest BCUT2D eigenvalue weighted by atomic mass is 10.2. The van der Waals surface area contributed by atoms with Crippen LogP contribution in [0.5, 0.6) is 0 Å². The summed E-state index contributed by atoms with van der Waals surface area (Å²) in [6, 6.07) is 10.1. The standard InChI is InChI=1S/C17H20N2OS/c1-2-18-11-12-5-3-7-14(9-12)19-17(20)16-10-13-6-4-8-15(13)21-16/h3,5,7,9-10,18H,2,4,6,8,11H2,1H3,(H,19,20). The number of rotatable bonds is 5. The quantitative estimate of drug-likeness (QED) is 0.886. The Bertz CT molecular complexity index is 626. The van der Waals surface area contributed by atoms with Gasteiger partial charge in [0.2, 0.25) is 0 Å². The fourth-order valence-electron chi connectivity index (χ4n) is 2.66. The summed E-state index contributed by atoms with van der Waals surface area (Å²) in [6.07, 6.45) is 3.48. The van der Waals surface area contributed by atoms with Gasteiger partial charge in [0.15, 0.2) is 0 Å². The fourth-order valence-corrected chi connectivity index (χ4v) is 3.81. The Morgan fingerprint density at radius 3 is 3.00 bits per heavy atom. The Hall–Kier alpha value is -1.65. The largest absolute Gasteiger partial charge is 0.321 e. The topological polar surface area (TPSA) is 41.1 Å². The second-order valence-corrected chi connectivity index (χ2v) is 6.48. The first-order valence-electron chi connectivity index (χ1n) is 7.49. The first-order valence-corrected chi connectivity index (χ1v) is 8.30. The van der Waals surface area contributed by atoms with Crippen LogP contribution < -0.4 is 10.6 Å². The lowest BCUT2D eigenvalue weighted by Crippen LogP contribution is -2.13. The first-order chi connectivity index (χ1) is 10.3. The molecule has 2 aromatic rings. The van der Waals surface area contributed by atoms with E-state index < -0.39 is 0 Å². The summed E-state index contributed by atoms with van der Waals surface area (Å²) in [6.45, 7) is 3.85. The molecule has 3 nitrogen and oxygen atoms in total. The van der Waals surface area contributed by atoms with E-state index in [0.717, 1.165) is 36.5 Å². The van der Waals surface area contributed by atoms with Gasteiger partial charge in [0.05, 0.1) is 4.88 Å². The summed E-state index contributed by atoms with van der Waals surface area (Å²) >= 11 is 1.64. The second-order valence-electron chi connectivity index (χ2n) is 5.35. The third-order valence-corrected chi connectivity index (χ3v) is 4.97. The van der Waals surface area contributed by atoms with Crippen LogP contribution in [-0.2, 0) is 19.4 Å². The maximum atomic E-state index is 12.3. The molecule has 0 aliphatic heterocycles. The number of fused-ring (bicyclic) bond motifs is 1. The van der Waals surface area contributed by atoms with Crippen LogP contribution in [0.4, 0.5) is 5.69 Å². The zero-order valence-electron chi connectivity index (χ0n) is 12.2. The van der Waals surface area contributed by atoms with E-state index in [9.17, 15) is 4.79 Å². The molecule has 1 aliphatic rings. The highest BCUT2D eigenvalue weighted by Crippen LogP contribution is 2.31. The van der Waals surface area contributed by atoms with Gasteiger partial charge in [-0.25, -0.2) is 0 Å². The van der Waals surface area contributed by atoms with Gasteiger partial charge in [-0.3, -0.25) is 4.79 Å². The van der Waals surface area contributed by atoms with Crippen molar-refractivity contribution in [2.24, 2.45) is 0 Å². The number of benzene rings is 1. The van der Waals surface area contributed by atoms with Gasteiger partial charge in [-0.15, -0.1) is 11.3 Å². The van der Waals surface area contributed by atoms with Crippen molar-refractivity contribution >= 4 is 22.9 Å². The number of nitrogens with one attached hydrogen (secondary N) is 2. The van der Waals surface area contributed by atoms with Crippen LogP contribution in [0.15, 0.2) is 30.3 Å². The smallest absolute Gasteiger partial charge is 0.265 e. The van der Waals surface area contributed by atoms with E-state index in [1.165, 1.54) is 22.4 Å². The average Bonchev–Trinajstić information content (AvgIpc) is 3.06. The molecule has 3 rings (SSSR count). The summed E-state index contributed by atoms with van der Waals surface area (Å²) in [5.74, 6) is 0.00926. The van der Waals surface area contributed by atoms with Crippen molar-refractivity contribution in [2.45, 2.75) is 32.7 Å². The third kappa shape index (κ3) is 3.34. The molecule has 4 heteroatoms. The molecule has 0 radical (unpaired) electrons. The van der Waals surface area contributed by atoms with E-state index in [4.69, 9.17) is 0 Å².